The van der Waals surface area contributed by atoms with Crippen LogP contribution in [-0.4, -0.2) is 72.9 Å². The van der Waals surface area contributed by atoms with Crippen molar-refractivity contribution in [2.45, 2.75) is 10.9 Å². The van der Waals surface area contributed by atoms with E-state index in [0.29, 0.717) is 24.6 Å². The number of benzene rings is 1. The Hall–Kier alpha value is -0.610. The fourth-order valence-corrected chi connectivity index (χ4v) is 7.18. The number of carbonyl (C=O) groups is 1. The van der Waals surface area contributed by atoms with E-state index in [1.54, 1.807) is 4.90 Å². The number of hydrogen-bond donors (Lipinski definition) is 0. The van der Waals surface area contributed by atoms with Crippen LogP contribution in [0.15, 0.2) is 23.1 Å². The second kappa shape index (κ2) is 7.96. The van der Waals surface area contributed by atoms with E-state index in [1.165, 1.54) is 41.4 Å². The Morgan fingerprint density at radius 3 is 2.64 bits per heavy atom. The molecule has 1 aromatic carbocycles. The van der Waals surface area contributed by atoms with Gasteiger partial charge in [0.05, 0.1) is 22.9 Å². The van der Waals surface area contributed by atoms with Crippen LogP contribution in [0.2, 0.25) is 5.02 Å². The molecule has 2 aliphatic rings. The second-order valence-corrected chi connectivity index (χ2v) is 10.2. The average molecular weight is 423 g/mol. The number of halogens is 1. The van der Waals surface area contributed by atoms with Crippen molar-refractivity contribution in [2.75, 3.05) is 43.3 Å². The largest absolute Gasteiger partial charge is 0.495 e. The Morgan fingerprint density at radius 2 is 2.00 bits per heavy atom. The van der Waals surface area contributed by atoms with Crippen molar-refractivity contribution >= 4 is 51.1 Å². The zero-order valence-corrected chi connectivity index (χ0v) is 16.9. The van der Waals surface area contributed by atoms with E-state index < -0.39 is 16.1 Å². The number of amides is 1. The smallest absolute Gasteiger partial charge is 0.244 e. The summed E-state index contributed by atoms with van der Waals surface area (Å²) in [7, 11) is -2.33. The van der Waals surface area contributed by atoms with Crippen LogP contribution in [-0.2, 0) is 14.8 Å². The molecule has 2 heterocycles. The maximum atomic E-state index is 13.0. The highest BCUT2D eigenvalue weighted by Gasteiger charge is 2.42. The van der Waals surface area contributed by atoms with Gasteiger partial charge in [-0.05, 0) is 18.2 Å². The summed E-state index contributed by atoms with van der Waals surface area (Å²) in [6, 6.07) is 3.70. The molecule has 0 bridgehead atoms. The lowest BCUT2D eigenvalue weighted by atomic mass is 10.3. The van der Waals surface area contributed by atoms with Gasteiger partial charge in [0.15, 0.2) is 0 Å². The Balaban J connectivity index is 1.85. The van der Waals surface area contributed by atoms with E-state index >= 15 is 0 Å². The number of nitrogens with zero attached hydrogens (tertiary/aromatic N) is 2. The van der Waals surface area contributed by atoms with Crippen molar-refractivity contribution < 1.29 is 17.9 Å². The third kappa shape index (κ3) is 3.90. The van der Waals surface area contributed by atoms with Gasteiger partial charge in [-0.1, -0.05) is 11.6 Å². The highest BCUT2D eigenvalue weighted by molar-refractivity contribution is 8.00. The summed E-state index contributed by atoms with van der Waals surface area (Å²) >= 11 is 9.33. The molecule has 3 rings (SSSR count). The summed E-state index contributed by atoms with van der Waals surface area (Å²) in [6.45, 7) is 1.35. The van der Waals surface area contributed by atoms with Gasteiger partial charge >= 0.3 is 0 Å². The van der Waals surface area contributed by atoms with E-state index in [4.69, 9.17) is 16.3 Å². The van der Waals surface area contributed by atoms with Crippen LogP contribution in [0.5, 0.6) is 5.75 Å². The van der Waals surface area contributed by atoms with Crippen LogP contribution in [0.25, 0.3) is 0 Å². The summed E-state index contributed by atoms with van der Waals surface area (Å²) in [5.74, 6) is 2.85. The molecule has 0 aliphatic carbocycles. The quantitative estimate of drug-likeness (QED) is 0.739. The highest BCUT2D eigenvalue weighted by atomic mass is 35.5. The maximum absolute atomic E-state index is 13.0. The first-order valence-corrected chi connectivity index (χ1v) is 11.9. The molecule has 0 radical (unpaired) electrons. The third-order valence-corrected chi connectivity index (χ3v) is 8.44. The Kier molecular flexibility index (Phi) is 6.10. The van der Waals surface area contributed by atoms with Gasteiger partial charge in [0.2, 0.25) is 15.9 Å². The topological polar surface area (TPSA) is 66.9 Å². The first-order chi connectivity index (χ1) is 11.9. The average Bonchev–Trinajstić information content (AvgIpc) is 3.12. The van der Waals surface area contributed by atoms with Gasteiger partial charge in [0, 0.05) is 30.3 Å². The molecule has 0 aromatic heterocycles. The minimum Gasteiger partial charge on any atom is -0.495 e. The Bertz CT molecular complexity index is 753. The van der Waals surface area contributed by atoms with Crippen molar-refractivity contribution in [3.63, 3.8) is 0 Å². The SMILES string of the molecule is COc1ccc(S(=O)(=O)N2CSCC2C(=O)N2CCSCC2)cc1Cl. The van der Waals surface area contributed by atoms with Gasteiger partial charge in [0.1, 0.15) is 11.8 Å². The standard InChI is InChI=1S/C15H19ClN2O4S3/c1-22-14-3-2-11(8-12(14)16)25(20,21)18-10-24-9-13(18)15(19)17-4-6-23-7-5-17/h2-3,8,13H,4-7,9-10H2,1H3. The monoisotopic (exact) mass is 422 g/mol. The van der Waals surface area contributed by atoms with Gasteiger partial charge in [-0.15, -0.1) is 11.8 Å². The van der Waals surface area contributed by atoms with Gasteiger partial charge in [0.25, 0.3) is 0 Å². The molecule has 0 spiro atoms. The minimum absolute atomic E-state index is 0.0767. The summed E-state index contributed by atoms with van der Waals surface area (Å²) < 4.78 is 32.4. The van der Waals surface area contributed by atoms with Crippen molar-refractivity contribution in [3.8, 4) is 5.75 Å². The molecular weight excluding hydrogens is 404 g/mol. The van der Waals surface area contributed by atoms with Crippen LogP contribution in [0.3, 0.4) is 0 Å². The predicted molar refractivity (Wildman–Crippen MR) is 102 cm³/mol. The second-order valence-electron chi connectivity index (χ2n) is 5.64. The fraction of sp³-hybridized carbons (Fsp3) is 0.533. The molecule has 138 valence electrons. The maximum Gasteiger partial charge on any atom is 0.244 e. The first-order valence-electron chi connectivity index (χ1n) is 7.75. The molecule has 0 saturated carbocycles. The van der Waals surface area contributed by atoms with Gasteiger partial charge in [-0.2, -0.15) is 16.1 Å². The lowest BCUT2D eigenvalue weighted by molar-refractivity contribution is -0.133. The van der Waals surface area contributed by atoms with Crippen molar-refractivity contribution in [2.24, 2.45) is 0 Å². The molecule has 1 amide bonds. The summed E-state index contributed by atoms with van der Waals surface area (Å²) in [5, 5.41) is 0.228. The predicted octanol–water partition coefficient (Wildman–Crippen LogP) is 1.99. The number of ether oxygens (including phenoxy) is 1. The molecule has 6 nitrogen and oxygen atoms in total. The fourth-order valence-electron chi connectivity index (χ4n) is 2.80. The molecule has 2 saturated heterocycles. The van der Waals surface area contributed by atoms with Crippen LogP contribution in [0, 0.1) is 0 Å². The molecule has 1 aromatic rings. The van der Waals surface area contributed by atoms with E-state index in [9.17, 15) is 13.2 Å². The third-order valence-electron chi connectivity index (χ3n) is 4.18. The molecule has 2 aliphatic heterocycles. The number of hydrogen-bond acceptors (Lipinski definition) is 6. The molecule has 25 heavy (non-hydrogen) atoms. The zero-order valence-electron chi connectivity index (χ0n) is 13.7. The summed E-state index contributed by atoms with van der Waals surface area (Å²) in [5.41, 5.74) is 0. The number of carbonyl (C=O) groups excluding carboxylic acids is 1. The van der Waals surface area contributed by atoms with Crippen LogP contribution < -0.4 is 4.74 Å². The van der Waals surface area contributed by atoms with Gasteiger partial charge < -0.3 is 9.64 Å². The number of rotatable bonds is 4. The van der Waals surface area contributed by atoms with E-state index in [0.717, 1.165) is 11.5 Å². The first kappa shape index (κ1) is 19.2. The molecule has 10 heteroatoms. The number of methoxy groups -OCH3 is 1. The van der Waals surface area contributed by atoms with E-state index in [1.807, 2.05) is 11.8 Å². The Morgan fingerprint density at radius 1 is 1.28 bits per heavy atom. The van der Waals surface area contributed by atoms with Crippen molar-refractivity contribution in [1.29, 1.82) is 0 Å². The molecule has 0 N–H and O–H groups in total. The van der Waals surface area contributed by atoms with Crippen LogP contribution in [0.1, 0.15) is 0 Å². The van der Waals surface area contributed by atoms with Crippen molar-refractivity contribution in [3.05, 3.63) is 23.2 Å². The van der Waals surface area contributed by atoms with Gasteiger partial charge in [-0.3, -0.25) is 4.79 Å². The van der Waals surface area contributed by atoms with Crippen molar-refractivity contribution in [1.82, 2.24) is 9.21 Å². The Labute approximate surface area is 161 Å². The lowest BCUT2D eigenvalue weighted by Gasteiger charge is -2.31. The lowest BCUT2D eigenvalue weighted by Crippen LogP contribution is -2.51. The number of sulfonamides is 1. The summed E-state index contributed by atoms with van der Waals surface area (Å²) in [6.07, 6.45) is 0. The minimum atomic E-state index is -3.80. The summed E-state index contributed by atoms with van der Waals surface area (Å²) in [4.78, 5) is 14.7. The van der Waals surface area contributed by atoms with Crippen LogP contribution >= 0.6 is 35.1 Å². The van der Waals surface area contributed by atoms with E-state index in [2.05, 4.69) is 0 Å². The number of thioether (sulfide) groups is 2. The van der Waals surface area contributed by atoms with E-state index in [-0.39, 0.29) is 21.7 Å². The molecule has 2 fully saturated rings. The zero-order chi connectivity index (χ0) is 18.0. The van der Waals surface area contributed by atoms with Gasteiger partial charge in [-0.25, -0.2) is 8.42 Å². The van der Waals surface area contributed by atoms with Crippen LogP contribution in [0.4, 0.5) is 0 Å². The highest BCUT2D eigenvalue weighted by Crippen LogP contribution is 2.33. The molecule has 1 atom stereocenters. The molecule has 1 unspecified atom stereocenters. The normalized spacial score (nSPS) is 22.2. The molecular formula is C15H19ClN2O4S3.